The summed E-state index contributed by atoms with van der Waals surface area (Å²) in [5, 5.41) is 10.5. The SMILES string of the molecule is CO[C@H]1CC[C@@]2(C)C(=CC(=O)[C@H]3[C@@H]4CC[C@H](O)[C@@]4(C)CC[C@@H]32)C1. The molecular weight excluding hydrogens is 288 g/mol. The van der Waals surface area contributed by atoms with Crippen molar-refractivity contribution in [3.05, 3.63) is 11.6 Å². The Morgan fingerprint density at radius 1 is 1.13 bits per heavy atom. The van der Waals surface area contributed by atoms with Gasteiger partial charge in [0.25, 0.3) is 0 Å². The quantitative estimate of drug-likeness (QED) is 0.805. The predicted octanol–water partition coefficient (Wildman–Crippen LogP) is 3.50. The molecule has 4 rings (SSSR count). The second-order valence-corrected chi connectivity index (χ2v) is 8.97. The van der Waals surface area contributed by atoms with Gasteiger partial charge in [-0.2, -0.15) is 0 Å². The molecule has 0 heterocycles. The molecule has 7 atom stereocenters. The zero-order chi connectivity index (χ0) is 16.4. The summed E-state index contributed by atoms with van der Waals surface area (Å²) in [6, 6.07) is 0. The zero-order valence-electron chi connectivity index (χ0n) is 14.7. The maximum Gasteiger partial charge on any atom is 0.159 e. The summed E-state index contributed by atoms with van der Waals surface area (Å²) in [5.74, 6) is 1.32. The average Bonchev–Trinajstić information content (AvgIpc) is 2.83. The van der Waals surface area contributed by atoms with Crippen LogP contribution in [0, 0.1) is 28.6 Å². The number of rotatable bonds is 1. The van der Waals surface area contributed by atoms with Crippen molar-refractivity contribution in [3.63, 3.8) is 0 Å². The van der Waals surface area contributed by atoms with E-state index in [1.807, 2.05) is 6.08 Å². The average molecular weight is 318 g/mol. The van der Waals surface area contributed by atoms with Crippen molar-refractivity contribution in [2.75, 3.05) is 7.11 Å². The minimum atomic E-state index is -0.219. The van der Waals surface area contributed by atoms with E-state index in [0.29, 0.717) is 17.6 Å². The van der Waals surface area contributed by atoms with Gasteiger partial charge in [0, 0.05) is 13.0 Å². The van der Waals surface area contributed by atoms with Gasteiger partial charge in [-0.25, -0.2) is 0 Å². The number of hydrogen-bond donors (Lipinski definition) is 1. The van der Waals surface area contributed by atoms with E-state index in [2.05, 4.69) is 13.8 Å². The van der Waals surface area contributed by atoms with Crippen LogP contribution in [0.25, 0.3) is 0 Å². The molecule has 23 heavy (non-hydrogen) atoms. The van der Waals surface area contributed by atoms with Crippen LogP contribution >= 0.6 is 0 Å². The number of ketones is 1. The molecule has 3 fully saturated rings. The van der Waals surface area contributed by atoms with Gasteiger partial charge >= 0.3 is 0 Å². The number of carbonyl (C=O) groups excluding carboxylic acids is 1. The standard InChI is InChI=1S/C20H30O3/c1-19-8-6-13(23-3)10-12(19)11-16(21)18-14-4-5-17(22)20(14,2)9-7-15(18)19/h11,13-15,17-18,22H,4-10H2,1-3H3/t13-,14-,15-,17-,18-,19-,20-/m0/s1. The van der Waals surface area contributed by atoms with Gasteiger partial charge in [0.2, 0.25) is 0 Å². The fraction of sp³-hybridized carbons (Fsp3) is 0.850. The Morgan fingerprint density at radius 2 is 1.91 bits per heavy atom. The molecule has 0 aromatic heterocycles. The van der Waals surface area contributed by atoms with Crippen LogP contribution < -0.4 is 0 Å². The minimum absolute atomic E-state index is 0.0394. The fourth-order valence-electron chi connectivity index (χ4n) is 6.54. The largest absolute Gasteiger partial charge is 0.393 e. The molecule has 1 N–H and O–H groups in total. The van der Waals surface area contributed by atoms with Crippen LogP contribution in [0.1, 0.15) is 58.8 Å². The van der Waals surface area contributed by atoms with E-state index in [1.165, 1.54) is 5.57 Å². The van der Waals surface area contributed by atoms with Crippen LogP contribution in [0.3, 0.4) is 0 Å². The van der Waals surface area contributed by atoms with Gasteiger partial charge < -0.3 is 9.84 Å². The van der Waals surface area contributed by atoms with Gasteiger partial charge in [-0.3, -0.25) is 4.79 Å². The molecule has 3 nitrogen and oxygen atoms in total. The number of carbonyl (C=O) groups is 1. The van der Waals surface area contributed by atoms with Crippen molar-refractivity contribution in [1.82, 2.24) is 0 Å². The summed E-state index contributed by atoms with van der Waals surface area (Å²) in [5.41, 5.74) is 1.47. The summed E-state index contributed by atoms with van der Waals surface area (Å²) >= 11 is 0. The first-order chi connectivity index (χ1) is 10.9. The molecule has 0 aromatic carbocycles. The van der Waals surface area contributed by atoms with Crippen molar-refractivity contribution in [2.24, 2.45) is 28.6 Å². The first kappa shape index (κ1) is 15.8. The first-order valence-electron chi connectivity index (χ1n) is 9.36. The van der Waals surface area contributed by atoms with Gasteiger partial charge in [-0.15, -0.1) is 0 Å². The molecule has 3 heteroatoms. The third-order valence-electron chi connectivity index (χ3n) is 8.18. The molecule has 4 aliphatic rings. The van der Waals surface area contributed by atoms with Crippen LogP contribution in [0.2, 0.25) is 0 Å². The number of hydrogen-bond acceptors (Lipinski definition) is 3. The second kappa shape index (κ2) is 5.16. The Labute approximate surface area is 139 Å². The Morgan fingerprint density at radius 3 is 2.65 bits per heavy atom. The number of ether oxygens (including phenoxy) is 1. The Balaban J connectivity index is 1.71. The normalized spacial score (nSPS) is 52.4. The number of aliphatic hydroxyl groups excluding tert-OH is 1. The third kappa shape index (κ3) is 2.05. The summed E-state index contributed by atoms with van der Waals surface area (Å²) < 4.78 is 5.57. The summed E-state index contributed by atoms with van der Waals surface area (Å²) in [4.78, 5) is 13.0. The lowest BCUT2D eigenvalue weighted by Gasteiger charge is -2.56. The van der Waals surface area contributed by atoms with Crippen molar-refractivity contribution < 1.29 is 14.6 Å². The van der Waals surface area contributed by atoms with Crippen LogP contribution in [-0.4, -0.2) is 30.2 Å². The Bertz CT molecular complexity index is 553. The molecular formula is C20H30O3. The summed E-state index contributed by atoms with van der Waals surface area (Å²) in [7, 11) is 1.79. The smallest absolute Gasteiger partial charge is 0.159 e. The lowest BCUT2D eigenvalue weighted by molar-refractivity contribution is -0.136. The summed E-state index contributed by atoms with van der Waals surface area (Å²) in [6.45, 7) is 4.62. The molecule has 0 aromatic rings. The van der Waals surface area contributed by atoms with Gasteiger partial charge in [0.15, 0.2) is 5.78 Å². The lowest BCUT2D eigenvalue weighted by Crippen LogP contribution is -2.54. The molecule has 0 aliphatic heterocycles. The van der Waals surface area contributed by atoms with E-state index in [4.69, 9.17) is 4.74 Å². The maximum atomic E-state index is 13.0. The highest BCUT2D eigenvalue weighted by molar-refractivity contribution is 5.94. The topological polar surface area (TPSA) is 46.5 Å². The van der Waals surface area contributed by atoms with E-state index in [1.54, 1.807) is 7.11 Å². The summed E-state index contributed by atoms with van der Waals surface area (Å²) in [6.07, 6.45) is 9.25. The molecule has 0 spiro atoms. The van der Waals surface area contributed by atoms with E-state index >= 15 is 0 Å². The highest BCUT2D eigenvalue weighted by Crippen LogP contribution is 2.64. The molecule has 128 valence electrons. The van der Waals surface area contributed by atoms with Gasteiger partial charge in [-0.1, -0.05) is 19.4 Å². The molecule has 0 amide bonds. The molecule has 0 unspecified atom stereocenters. The molecule has 3 saturated carbocycles. The molecule has 0 saturated heterocycles. The van der Waals surface area contributed by atoms with Gasteiger partial charge in [-0.05, 0) is 73.7 Å². The molecule has 4 aliphatic carbocycles. The van der Waals surface area contributed by atoms with Crippen molar-refractivity contribution in [1.29, 1.82) is 0 Å². The first-order valence-corrected chi connectivity index (χ1v) is 9.36. The number of aliphatic hydroxyl groups is 1. The minimum Gasteiger partial charge on any atom is -0.393 e. The van der Waals surface area contributed by atoms with E-state index in [-0.39, 0.29) is 29.0 Å². The maximum absolute atomic E-state index is 13.0. The second-order valence-electron chi connectivity index (χ2n) is 8.97. The van der Waals surface area contributed by atoms with E-state index < -0.39 is 0 Å². The van der Waals surface area contributed by atoms with Crippen molar-refractivity contribution in [2.45, 2.75) is 71.0 Å². The lowest BCUT2D eigenvalue weighted by atomic mass is 9.47. The van der Waals surface area contributed by atoms with E-state index in [9.17, 15) is 9.90 Å². The van der Waals surface area contributed by atoms with Crippen molar-refractivity contribution in [3.8, 4) is 0 Å². The van der Waals surface area contributed by atoms with Crippen LogP contribution in [0.4, 0.5) is 0 Å². The monoisotopic (exact) mass is 318 g/mol. The highest BCUT2D eigenvalue weighted by atomic mass is 16.5. The number of allylic oxidation sites excluding steroid dienone is 1. The predicted molar refractivity (Wildman–Crippen MR) is 88.9 cm³/mol. The van der Waals surface area contributed by atoms with Gasteiger partial charge in [0.1, 0.15) is 0 Å². The van der Waals surface area contributed by atoms with Crippen LogP contribution in [-0.2, 0) is 9.53 Å². The Hall–Kier alpha value is -0.670. The highest BCUT2D eigenvalue weighted by Gasteiger charge is 2.60. The zero-order valence-corrected chi connectivity index (χ0v) is 14.7. The third-order valence-corrected chi connectivity index (χ3v) is 8.18. The fourth-order valence-corrected chi connectivity index (χ4v) is 6.54. The van der Waals surface area contributed by atoms with Crippen LogP contribution in [0.15, 0.2) is 11.6 Å². The van der Waals surface area contributed by atoms with E-state index in [0.717, 1.165) is 44.9 Å². The molecule has 0 bridgehead atoms. The van der Waals surface area contributed by atoms with Crippen LogP contribution in [0.5, 0.6) is 0 Å². The number of fused-ring (bicyclic) bond motifs is 5. The van der Waals surface area contributed by atoms with Gasteiger partial charge in [0.05, 0.1) is 12.2 Å². The Kier molecular flexibility index (Phi) is 3.55. The molecule has 0 radical (unpaired) electrons. The van der Waals surface area contributed by atoms with Crippen molar-refractivity contribution >= 4 is 5.78 Å². The number of methoxy groups -OCH3 is 1.